The number of rotatable bonds is 6. The van der Waals surface area contributed by atoms with Gasteiger partial charge in [0.1, 0.15) is 17.6 Å². The third-order valence-electron chi connectivity index (χ3n) is 4.57. The smallest absolute Gasteiger partial charge is 0.191 e. The van der Waals surface area contributed by atoms with Crippen LogP contribution in [0.15, 0.2) is 34.6 Å². The van der Waals surface area contributed by atoms with E-state index in [1.807, 2.05) is 0 Å². The summed E-state index contributed by atoms with van der Waals surface area (Å²) in [6.45, 7) is 5.77. The standard InChI is InChI=1S/C20H27N3O2S/c1-13(19-6-5-7-26-19)11-22-20(21-3)23-12-16-10-18-15(8-14(2)25-18)9-17(16)24-4/h5-7,9-10,13-14H,8,11-12H2,1-4H3,(H2,21,22,23). The maximum Gasteiger partial charge on any atom is 0.191 e. The molecular weight excluding hydrogens is 346 g/mol. The number of fused-ring (bicyclic) bond motifs is 1. The molecule has 0 bridgehead atoms. The van der Waals surface area contributed by atoms with Gasteiger partial charge in [-0.3, -0.25) is 4.99 Å². The monoisotopic (exact) mass is 373 g/mol. The van der Waals surface area contributed by atoms with Crippen LogP contribution in [0, 0.1) is 0 Å². The lowest BCUT2D eigenvalue weighted by Gasteiger charge is -2.17. The Hall–Kier alpha value is -2.21. The van der Waals surface area contributed by atoms with Gasteiger partial charge in [-0.2, -0.15) is 0 Å². The molecule has 1 aliphatic heterocycles. The molecular formula is C20H27N3O2S. The number of hydrogen-bond acceptors (Lipinski definition) is 4. The minimum Gasteiger partial charge on any atom is -0.496 e. The van der Waals surface area contributed by atoms with Crippen LogP contribution in [-0.4, -0.2) is 32.8 Å². The second-order valence-corrected chi connectivity index (χ2v) is 7.61. The molecule has 0 radical (unpaired) electrons. The molecule has 2 heterocycles. The summed E-state index contributed by atoms with van der Waals surface area (Å²) in [7, 11) is 3.50. The van der Waals surface area contributed by atoms with Gasteiger partial charge in [0.25, 0.3) is 0 Å². The van der Waals surface area contributed by atoms with Crippen molar-refractivity contribution in [1.29, 1.82) is 0 Å². The Morgan fingerprint density at radius 2 is 2.27 bits per heavy atom. The molecule has 5 nitrogen and oxygen atoms in total. The molecule has 0 saturated heterocycles. The fourth-order valence-corrected chi connectivity index (χ4v) is 3.92. The number of guanidine groups is 1. The zero-order valence-corrected chi connectivity index (χ0v) is 16.7. The highest BCUT2D eigenvalue weighted by Crippen LogP contribution is 2.34. The molecule has 1 aromatic carbocycles. The van der Waals surface area contributed by atoms with E-state index < -0.39 is 0 Å². The van der Waals surface area contributed by atoms with Crippen molar-refractivity contribution in [2.24, 2.45) is 4.99 Å². The summed E-state index contributed by atoms with van der Waals surface area (Å²) in [5, 5.41) is 8.88. The van der Waals surface area contributed by atoms with Crippen molar-refractivity contribution < 1.29 is 9.47 Å². The summed E-state index contributed by atoms with van der Waals surface area (Å²) >= 11 is 1.79. The van der Waals surface area contributed by atoms with Crippen LogP contribution in [0.1, 0.15) is 35.8 Å². The van der Waals surface area contributed by atoms with Gasteiger partial charge in [-0.25, -0.2) is 0 Å². The summed E-state index contributed by atoms with van der Waals surface area (Å²) in [5.41, 5.74) is 2.28. The van der Waals surface area contributed by atoms with Crippen molar-refractivity contribution in [1.82, 2.24) is 10.6 Å². The number of aliphatic imine (C=N–C) groups is 1. The first-order chi connectivity index (χ1) is 12.6. The second-order valence-electron chi connectivity index (χ2n) is 6.63. The van der Waals surface area contributed by atoms with E-state index >= 15 is 0 Å². The summed E-state index contributed by atoms with van der Waals surface area (Å²) in [5.74, 6) is 3.07. The lowest BCUT2D eigenvalue weighted by molar-refractivity contribution is 0.254. The van der Waals surface area contributed by atoms with Gasteiger partial charge in [0.2, 0.25) is 0 Å². The summed E-state index contributed by atoms with van der Waals surface area (Å²) < 4.78 is 11.4. The molecule has 1 aromatic heterocycles. The second kappa shape index (κ2) is 8.45. The maximum atomic E-state index is 5.87. The van der Waals surface area contributed by atoms with E-state index in [1.54, 1.807) is 25.5 Å². The molecule has 3 rings (SSSR count). The molecule has 0 fully saturated rings. The average molecular weight is 374 g/mol. The molecule has 2 atom stereocenters. The topological polar surface area (TPSA) is 54.9 Å². The van der Waals surface area contributed by atoms with Gasteiger partial charge in [-0.05, 0) is 30.5 Å². The van der Waals surface area contributed by atoms with Gasteiger partial charge in [0.15, 0.2) is 5.96 Å². The first-order valence-electron chi connectivity index (χ1n) is 8.95. The molecule has 1 aliphatic rings. The lowest BCUT2D eigenvalue weighted by atomic mass is 10.1. The number of hydrogen-bond donors (Lipinski definition) is 2. The van der Waals surface area contributed by atoms with E-state index in [0.29, 0.717) is 12.5 Å². The predicted octanol–water partition coefficient (Wildman–Crippen LogP) is 3.55. The van der Waals surface area contributed by atoms with E-state index in [-0.39, 0.29) is 6.10 Å². The van der Waals surface area contributed by atoms with Crippen LogP contribution in [-0.2, 0) is 13.0 Å². The highest BCUT2D eigenvalue weighted by atomic mass is 32.1. The molecule has 0 amide bonds. The number of nitrogens with one attached hydrogen (secondary N) is 2. The Labute approximate surface area is 159 Å². The van der Waals surface area contributed by atoms with Crippen molar-refractivity contribution in [3.63, 3.8) is 0 Å². The van der Waals surface area contributed by atoms with E-state index in [1.165, 1.54) is 10.4 Å². The molecule has 2 aromatic rings. The van der Waals surface area contributed by atoms with Gasteiger partial charge in [0, 0.05) is 48.5 Å². The predicted molar refractivity (Wildman–Crippen MR) is 108 cm³/mol. The summed E-state index contributed by atoms with van der Waals surface area (Å²) in [6, 6.07) is 8.42. The number of methoxy groups -OCH3 is 1. The van der Waals surface area contributed by atoms with E-state index in [0.717, 1.165) is 36.0 Å². The van der Waals surface area contributed by atoms with Crippen LogP contribution >= 0.6 is 11.3 Å². The van der Waals surface area contributed by atoms with E-state index in [4.69, 9.17) is 9.47 Å². The van der Waals surface area contributed by atoms with Gasteiger partial charge in [0.05, 0.1) is 7.11 Å². The van der Waals surface area contributed by atoms with Crippen LogP contribution in [0.4, 0.5) is 0 Å². The molecule has 2 N–H and O–H groups in total. The Balaban J connectivity index is 1.59. The fraction of sp³-hybridized carbons (Fsp3) is 0.450. The van der Waals surface area contributed by atoms with Crippen molar-refractivity contribution in [3.8, 4) is 11.5 Å². The molecule has 2 unspecified atom stereocenters. The Bertz CT molecular complexity index is 759. The van der Waals surface area contributed by atoms with Crippen LogP contribution < -0.4 is 20.1 Å². The number of benzene rings is 1. The SMILES string of the molecule is CN=C(NCc1cc2c(cc1OC)CC(C)O2)NCC(C)c1cccs1. The first kappa shape index (κ1) is 18.6. The van der Waals surface area contributed by atoms with Crippen molar-refractivity contribution in [2.75, 3.05) is 20.7 Å². The van der Waals surface area contributed by atoms with Crippen LogP contribution in [0.5, 0.6) is 11.5 Å². The fourth-order valence-electron chi connectivity index (χ4n) is 3.13. The van der Waals surface area contributed by atoms with E-state index in [2.05, 4.69) is 59.1 Å². The minimum absolute atomic E-state index is 0.228. The minimum atomic E-state index is 0.228. The highest BCUT2D eigenvalue weighted by molar-refractivity contribution is 7.10. The summed E-state index contributed by atoms with van der Waals surface area (Å²) in [6.07, 6.45) is 1.16. The Morgan fingerprint density at radius 3 is 2.96 bits per heavy atom. The normalized spacial score (nSPS) is 17.4. The number of ether oxygens (including phenoxy) is 2. The molecule has 0 aliphatic carbocycles. The third kappa shape index (κ3) is 4.30. The molecule has 0 spiro atoms. The molecule has 0 saturated carbocycles. The molecule has 140 valence electrons. The Morgan fingerprint density at radius 1 is 1.42 bits per heavy atom. The molecule has 6 heteroatoms. The first-order valence-corrected chi connectivity index (χ1v) is 9.83. The Kier molecular flexibility index (Phi) is 6.04. The zero-order chi connectivity index (χ0) is 18.5. The van der Waals surface area contributed by atoms with Crippen molar-refractivity contribution in [2.45, 2.75) is 38.8 Å². The van der Waals surface area contributed by atoms with E-state index in [9.17, 15) is 0 Å². The largest absolute Gasteiger partial charge is 0.496 e. The van der Waals surface area contributed by atoms with Crippen LogP contribution in [0.3, 0.4) is 0 Å². The van der Waals surface area contributed by atoms with Gasteiger partial charge >= 0.3 is 0 Å². The van der Waals surface area contributed by atoms with Gasteiger partial charge in [-0.1, -0.05) is 13.0 Å². The van der Waals surface area contributed by atoms with Gasteiger partial charge < -0.3 is 20.1 Å². The van der Waals surface area contributed by atoms with Crippen LogP contribution in [0.2, 0.25) is 0 Å². The molecule has 26 heavy (non-hydrogen) atoms. The highest BCUT2D eigenvalue weighted by Gasteiger charge is 2.21. The number of nitrogens with zero attached hydrogens (tertiary/aromatic N) is 1. The lowest BCUT2D eigenvalue weighted by Crippen LogP contribution is -2.38. The number of thiophene rings is 1. The van der Waals surface area contributed by atoms with Crippen molar-refractivity contribution >= 4 is 17.3 Å². The van der Waals surface area contributed by atoms with Crippen molar-refractivity contribution in [3.05, 3.63) is 45.6 Å². The maximum absolute atomic E-state index is 5.87. The summed E-state index contributed by atoms with van der Waals surface area (Å²) in [4.78, 5) is 5.70. The van der Waals surface area contributed by atoms with Crippen LogP contribution in [0.25, 0.3) is 0 Å². The zero-order valence-electron chi connectivity index (χ0n) is 15.8. The quantitative estimate of drug-likeness (QED) is 0.601. The average Bonchev–Trinajstić information content (AvgIpc) is 3.29. The van der Waals surface area contributed by atoms with Gasteiger partial charge in [-0.15, -0.1) is 11.3 Å². The third-order valence-corrected chi connectivity index (χ3v) is 5.68.